The van der Waals surface area contributed by atoms with Gasteiger partial charge in [0.25, 0.3) is 17.7 Å². The van der Waals surface area contributed by atoms with E-state index in [0.717, 1.165) is 32.1 Å². The summed E-state index contributed by atoms with van der Waals surface area (Å²) in [6, 6.07) is 14.9. The van der Waals surface area contributed by atoms with Crippen LogP contribution in [0.3, 0.4) is 0 Å². The number of imide groups is 2. The third kappa shape index (κ3) is 5.28. The fourth-order valence-corrected chi connectivity index (χ4v) is 4.09. The number of barbiturate groups is 1. The van der Waals surface area contributed by atoms with E-state index in [1.807, 2.05) is 18.2 Å². The first-order valence-electron chi connectivity index (χ1n) is 11.0. The summed E-state index contributed by atoms with van der Waals surface area (Å²) in [5, 5.41) is 5.01. The molecule has 0 spiro atoms. The molecular weight excluding hydrogens is 422 g/mol. The van der Waals surface area contributed by atoms with Crippen LogP contribution in [0.1, 0.15) is 37.7 Å². The van der Waals surface area contributed by atoms with Crippen LogP contribution in [-0.2, 0) is 14.4 Å². The Bertz CT molecular complexity index is 1090. The third-order valence-electron chi connectivity index (χ3n) is 5.71. The van der Waals surface area contributed by atoms with E-state index in [9.17, 15) is 19.2 Å². The molecule has 2 aromatic rings. The lowest BCUT2D eigenvalue weighted by Gasteiger charge is -2.35. The van der Waals surface area contributed by atoms with Crippen molar-refractivity contribution in [2.75, 3.05) is 11.9 Å². The third-order valence-corrected chi connectivity index (χ3v) is 5.71. The average molecular weight is 447 g/mol. The molecule has 2 aliphatic rings. The monoisotopic (exact) mass is 447 g/mol. The zero-order valence-corrected chi connectivity index (χ0v) is 18.1. The molecule has 0 unspecified atom stereocenters. The van der Waals surface area contributed by atoms with Crippen LogP contribution in [-0.4, -0.2) is 41.3 Å². The van der Waals surface area contributed by atoms with Gasteiger partial charge in [-0.15, -0.1) is 0 Å². The second-order valence-electron chi connectivity index (χ2n) is 8.02. The second-order valence-corrected chi connectivity index (χ2v) is 8.02. The molecule has 33 heavy (non-hydrogen) atoms. The minimum atomic E-state index is -0.742. The number of nitrogens with zero attached hydrogens (tertiary/aromatic N) is 1. The number of ether oxygens (including phenoxy) is 1. The first-order valence-corrected chi connectivity index (χ1v) is 11.0. The second kappa shape index (κ2) is 10.1. The standard InChI is InChI=1S/C25H25N3O5/c29-22(26-18-10-3-1-4-11-18)16-33-21-14-8-7-9-17(21)15-20-23(30)27-25(32)28(24(20)31)19-12-5-2-6-13-19/h1,3-4,7-11,14-15,19H,2,5-6,12-13,16H2,(H,26,29)(H,27,30,32). The largest absolute Gasteiger partial charge is 0.483 e. The van der Waals surface area contributed by atoms with E-state index in [-0.39, 0.29) is 24.1 Å². The van der Waals surface area contributed by atoms with Crippen molar-refractivity contribution in [1.29, 1.82) is 0 Å². The molecule has 8 nitrogen and oxygen atoms in total. The van der Waals surface area contributed by atoms with Crippen LogP contribution < -0.4 is 15.4 Å². The normalized spacial score (nSPS) is 18.2. The van der Waals surface area contributed by atoms with Gasteiger partial charge in [-0.1, -0.05) is 55.7 Å². The number of anilines is 1. The molecule has 1 aliphatic carbocycles. The number of carbonyl (C=O) groups excluding carboxylic acids is 4. The molecule has 2 fully saturated rings. The number of rotatable bonds is 6. The summed E-state index contributed by atoms with van der Waals surface area (Å²) in [5.41, 5.74) is 0.977. The van der Waals surface area contributed by atoms with Crippen molar-refractivity contribution in [3.8, 4) is 5.75 Å². The van der Waals surface area contributed by atoms with Crippen molar-refractivity contribution in [2.24, 2.45) is 0 Å². The highest BCUT2D eigenvalue weighted by Gasteiger charge is 2.40. The molecule has 170 valence electrons. The summed E-state index contributed by atoms with van der Waals surface area (Å²) in [4.78, 5) is 51.4. The minimum Gasteiger partial charge on any atom is -0.483 e. The Kier molecular flexibility index (Phi) is 6.83. The van der Waals surface area contributed by atoms with E-state index in [1.54, 1.807) is 36.4 Å². The van der Waals surface area contributed by atoms with Gasteiger partial charge in [0.1, 0.15) is 11.3 Å². The highest BCUT2D eigenvalue weighted by atomic mass is 16.5. The van der Waals surface area contributed by atoms with Crippen molar-refractivity contribution >= 4 is 35.5 Å². The van der Waals surface area contributed by atoms with Crippen molar-refractivity contribution < 1.29 is 23.9 Å². The number of benzene rings is 2. The Balaban J connectivity index is 1.51. The first kappa shape index (κ1) is 22.3. The number of carbonyl (C=O) groups is 4. The van der Waals surface area contributed by atoms with Gasteiger partial charge in [0.05, 0.1) is 0 Å². The molecule has 0 aromatic heterocycles. The molecule has 5 amide bonds. The number of para-hydroxylation sites is 2. The SMILES string of the molecule is O=C(COc1ccccc1C=C1C(=O)NC(=O)N(C2CCCCC2)C1=O)Nc1ccccc1. The summed E-state index contributed by atoms with van der Waals surface area (Å²) in [6.07, 6.45) is 5.83. The van der Waals surface area contributed by atoms with E-state index in [2.05, 4.69) is 10.6 Å². The average Bonchev–Trinajstić information content (AvgIpc) is 2.82. The van der Waals surface area contributed by atoms with Crippen molar-refractivity contribution in [3.05, 3.63) is 65.7 Å². The van der Waals surface area contributed by atoms with Gasteiger partial charge in [-0.2, -0.15) is 0 Å². The van der Waals surface area contributed by atoms with Crippen molar-refractivity contribution in [3.63, 3.8) is 0 Å². The van der Waals surface area contributed by atoms with E-state index in [1.165, 1.54) is 11.0 Å². The van der Waals surface area contributed by atoms with Gasteiger partial charge in [0, 0.05) is 17.3 Å². The number of nitrogens with one attached hydrogen (secondary N) is 2. The fourth-order valence-electron chi connectivity index (χ4n) is 4.09. The Morgan fingerprint density at radius 2 is 1.70 bits per heavy atom. The minimum absolute atomic E-state index is 0.134. The lowest BCUT2D eigenvalue weighted by molar-refractivity contribution is -0.132. The molecule has 8 heteroatoms. The van der Waals surface area contributed by atoms with E-state index in [4.69, 9.17) is 4.74 Å². The number of amides is 5. The van der Waals surface area contributed by atoms with E-state index in [0.29, 0.717) is 17.0 Å². The van der Waals surface area contributed by atoms with Crippen LogP contribution in [0.25, 0.3) is 6.08 Å². The van der Waals surface area contributed by atoms with Crippen LogP contribution in [0.5, 0.6) is 5.75 Å². The molecule has 0 bridgehead atoms. The van der Waals surface area contributed by atoms with Crippen molar-refractivity contribution in [1.82, 2.24) is 10.2 Å². The van der Waals surface area contributed by atoms with Crippen molar-refractivity contribution in [2.45, 2.75) is 38.1 Å². The van der Waals surface area contributed by atoms with E-state index >= 15 is 0 Å². The molecule has 1 heterocycles. The summed E-state index contributed by atoms with van der Waals surface area (Å²) in [5.74, 6) is -1.35. The molecule has 1 saturated carbocycles. The summed E-state index contributed by atoms with van der Waals surface area (Å²) >= 11 is 0. The maximum atomic E-state index is 13.1. The zero-order valence-electron chi connectivity index (χ0n) is 18.1. The molecule has 2 N–H and O–H groups in total. The van der Waals surface area contributed by atoms with Gasteiger partial charge in [-0.3, -0.25) is 24.6 Å². The van der Waals surface area contributed by atoms with Gasteiger partial charge in [0.2, 0.25) is 0 Å². The van der Waals surface area contributed by atoms with Gasteiger partial charge >= 0.3 is 6.03 Å². The zero-order chi connectivity index (χ0) is 23.2. The maximum Gasteiger partial charge on any atom is 0.331 e. The Morgan fingerprint density at radius 1 is 1.00 bits per heavy atom. The molecule has 4 rings (SSSR count). The first-order chi connectivity index (χ1) is 16.0. The highest BCUT2D eigenvalue weighted by Crippen LogP contribution is 2.28. The Labute approximate surface area is 191 Å². The molecule has 0 atom stereocenters. The molecule has 0 radical (unpaired) electrons. The fraction of sp³-hybridized carbons (Fsp3) is 0.280. The van der Waals surface area contributed by atoms with Gasteiger partial charge < -0.3 is 10.1 Å². The molecule has 1 saturated heterocycles. The number of urea groups is 1. The molecular formula is C25H25N3O5. The maximum absolute atomic E-state index is 13.1. The topological polar surface area (TPSA) is 105 Å². The van der Waals surface area contributed by atoms with Gasteiger partial charge in [-0.05, 0) is 37.1 Å². The number of hydrogen-bond acceptors (Lipinski definition) is 5. The predicted octanol–water partition coefficient (Wildman–Crippen LogP) is 3.50. The van der Waals surface area contributed by atoms with Crippen LogP contribution >= 0.6 is 0 Å². The van der Waals surface area contributed by atoms with Crippen LogP contribution in [0, 0.1) is 0 Å². The smallest absolute Gasteiger partial charge is 0.331 e. The summed E-state index contributed by atoms with van der Waals surface area (Å²) < 4.78 is 5.67. The predicted molar refractivity (Wildman–Crippen MR) is 122 cm³/mol. The summed E-state index contributed by atoms with van der Waals surface area (Å²) in [6.45, 7) is -0.248. The van der Waals surface area contributed by atoms with Crippen LogP contribution in [0.15, 0.2) is 60.2 Å². The van der Waals surface area contributed by atoms with E-state index < -0.39 is 17.8 Å². The number of hydrogen-bond donors (Lipinski definition) is 2. The Morgan fingerprint density at radius 3 is 2.45 bits per heavy atom. The van der Waals surface area contributed by atoms with Crippen LogP contribution in [0.4, 0.5) is 10.5 Å². The van der Waals surface area contributed by atoms with Crippen LogP contribution in [0.2, 0.25) is 0 Å². The Hall–Kier alpha value is -3.94. The molecule has 2 aromatic carbocycles. The molecule has 1 aliphatic heterocycles. The van der Waals surface area contributed by atoms with Gasteiger partial charge in [-0.25, -0.2) is 4.79 Å². The lowest BCUT2D eigenvalue weighted by Crippen LogP contribution is -2.58. The van der Waals surface area contributed by atoms with Gasteiger partial charge in [0.15, 0.2) is 6.61 Å². The quantitative estimate of drug-likeness (QED) is 0.521. The highest BCUT2D eigenvalue weighted by molar-refractivity contribution is 6.31. The summed E-state index contributed by atoms with van der Waals surface area (Å²) in [7, 11) is 0. The lowest BCUT2D eigenvalue weighted by atomic mass is 9.93.